The Bertz CT molecular complexity index is 183. The number of quaternary nitrogens is 1. The first kappa shape index (κ1) is 13.9. The van der Waals surface area contributed by atoms with Gasteiger partial charge in [0.1, 0.15) is 19.2 Å². The fourth-order valence-corrected chi connectivity index (χ4v) is 2.48. The number of ether oxygens (including phenoxy) is 1. The zero-order chi connectivity index (χ0) is 11.9. The zero-order valence-corrected chi connectivity index (χ0v) is 10.9. The van der Waals surface area contributed by atoms with Crippen molar-refractivity contribution in [1.29, 1.82) is 0 Å². The number of morpholine rings is 1. The van der Waals surface area contributed by atoms with Crippen molar-refractivity contribution in [1.82, 2.24) is 0 Å². The average molecular weight is 229 g/mol. The lowest BCUT2D eigenvalue weighted by atomic mass is 10.1. The van der Waals surface area contributed by atoms with E-state index in [1.54, 1.807) is 0 Å². The zero-order valence-electron chi connectivity index (χ0n) is 10.9. The van der Waals surface area contributed by atoms with Gasteiger partial charge in [-0.2, -0.15) is 0 Å². The summed E-state index contributed by atoms with van der Waals surface area (Å²) in [5, 5.41) is 12.3. The molecule has 3 nitrogen and oxygen atoms in total. The highest BCUT2D eigenvalue weighted by atomic mass is 16.6. The maximum Gasteiger partial charge on any atom is 0.107 e. The summed E-state index contributed by atoms with van der Waals surface area (Å²) in [7, 11) is 0. The lowest BCUT2D eigenvalue weighted by Gasteiger charge is -2.47. The quantitative estimate of drug-likeness (QED) is 0.382. The van der Waals surface area contributed by atoms with Gasteiger partial charge in [0.2, 0.25) is 0 Å². The van der Waals surface area contributed by atoms with Gasteiger partial charge in [0.15, 0.2) is 0 Å². The summed E-state index contributed by atoms with van der Waals surface area (Å²) in [5.41, 5.74) is 0. The van der Waals surface area contributed by atoms with Crippen LogP contribution in [0.5, 0.6) is 0 Å². The predicted octanol–water partition coefficient (Wildman–Crippen LogP) is 3.08. The van der Waals surface area contributed by atoms with Crippen LogP contribution in [0.3, 0.4) is 0 Å². The molecular weight excluding hydrogens is 202 g/mol. The Balaban J connectivity index is 2.22. The van der Waals surface area contributed by atoms with Gasteiger partial charge in [-0.3, -0.25) is 0 Å². The van der Waals surface area contributed by atoms with Crippen LogP contribution >= 0.6 is 0 Å². The minimum absolute atomic E-state index is 0.0189. The largest absolute Gasteiger partial charge is 0.633 e. The maximum absolute atomic E-state index is 12.3. The van der Waals surface area contributed by atoms with Crippen LogP contribution in [0.25, 0.3) is 0 Å². The van der Waals surface area contributed by atoms with Gasteiger partial charge in [-0.1, -0.05) is 39.5 Å². The van der Waals surface area contributed by atoms with Crippen LogP contribution in [0.1, 0.15) is 52.4 Å². The third-order valence-electron chi connectivity index (χ3n) is 3.40. The molecule has 1 aliphatic heterocycles. The molecule has 16 heavy (non-hydrogen) atoms. The summed E-state index contributed by atoms with van der Waals surface area (Å²) >= 11 is 0. The summed E-state index contributed by atoms with van der Waals surface area (Å²) in [6.07, 6.45) is 7.34. The molecule has 1 heterocycles. The van der Waals surface area contributed by atoms with Crippen molar-refractivity contribution >= 4 is 0 Å². The molecule has 0 spiro atoms. The second-order valence-corrected chi connectivity index (χ2v) is 5.03. The van der Waals surface area contributed by atoms with Crippen molar-refractivity contribution in [2.75, 3.05) is 26.2 Å². The van der Waals surface area contributed by atoms with E-state index in [-0.39, 0.29) is 10.8 Å². The normalized spacial score (nSPS) is 30.6. The summed E-state index contributed by atoms with van der Waals surface area (Å²) in [4.78, 5) is 0. The monoisotopic (exact) mass is 229 g/mol. The van der Waals surface area contributed by atoms with Crippen molar-refractivity contribution < 1.29 is 9.38 Å². The predicted molar refractivity (Wildman–Crippen MR) is 67.0 cm³/mol. The number of nitrogens with zero attached hydrogens (tertiary/aromatic N) is 1. The molecule has 3 heteroatoms. The molecule has 0 aliphatic carbocycles. The molecule has 2 unspecified atom stereocenters. The van der Waals surface area contributed by atoms with Crippen LogP contribution in [-0.2, 0) is 4.74 Å². The molecule has 0 aromatic heterocycles. The number of unbranched alkanes of at least 4 members (excludes halogenated alkanes) is 3. The first-order valence-corrected chi connectivity index (χ1v) is 6.89. The van der Waals surface area contributed by atoms with E-state index in [4.69, 9.17) is 4.74 Å². The van der Waals surface area contributed by atoms with Crippen LogP contribution < -0.4 is 0 Å². The van der Waals surface area contributed by atoms with Gasteiger partial charge >= 0.3 is 0 Å². The van der Waals surface area contributed by atoms with Crippen LogP contribution in [0.2, 0.25) is 0 Å². The van der Waals surface area contributed by atoms with Gasteiger partial charge in [0, 0.05) is 0 Å². The molecule has 0 N–H and O–H groups in total. The summed E-state index contributed by atoms with van der Waals surface area (Å²) in [5.74, 6) is 0. The lowest BCUT2D eigenvalue weighted by molar-refractivity contribution is -0.892. The first-order chi connectivity index (χ1) is 7.70. The van der Waals surface area contributed by atoms with Gasteiger partial charge in [-0.15, -0.1) is 0 Å². The molecule has 96 valence electrons. The smallest absolute Gasteiger partial charge is 0.107 e. The van der Waals surface area contributed by atoms with E-state index in [2.05, 4.69) is 13.8 Å². The maximum atomic E-state index is 12.3. The highest BCUT2D eigenvalue weighted by Gasteiger charge is 2.27. The highest BCUT2D eigenvalue weighted by Crippen LogP contribution is 2.19. The summed E-state index contributed by atoms with van der Waals surface area (Å²) in [6, 6.07) is 0. The number of hydrogen-bond donors (Lipinski definition) is 0. The molecule has 0 aromatic rings. The van der Waals surface area contributed by atoms with Crippen molar-refractivity contribution in [3.63, 3.8) is 0 Å². The first-order valence-electron chi connectivity index (χ1n) is 6.89. The van der Waals surface area contributed by atoms with Crippen LogP contribution in [0, 0.1) is 5.21 Å². The molecule has 0 aromatic carbocycles. The Morgan fingerprint density at radius 1 is 1.19 bits per heavy atom. The minimum atomic E-state index is -0.0189. The standard InChI is InChI=1S/C13H27NO2/c1-3-5-6-7-8-13-12-14(15,9-4-2)10-11-16-13/h13H,3-12H2,1-2H3. The Morgan fingerprint density at radius 3 is 2.69 bits per heavy atom. The third kappa shape index (κ3) is 4.81. The van der Waals surface area contributed by atoms with Crippen LogP contribution in [0.15, 0.2) is 0 Å². The summed E-state index contributed by atoms with van der Waals surface area (Å²) < 4.78 is 5.67. The molecule has 0 saturated carbocycles. The number of hydrogen-bond acceptors (Lipinski definition) is 2. The highest BCUT2D eigenvalue weighted by molar-refractivity contribution is 4.64. The van der Waals surface area contributed by atoms with Gasteiger partial charge < -0.3 is 14.6 Å². The van der Waals surface area contributed by atoms with E-state index in [0.29, 0.717) is 19.7 Å². The van der Waals surface area contributed by atoms with E-state index >= 15 is 0 Å². The molecule has 2 atom stereocenters. The van der Waals surface area contributed by atoms with Gasteiger partial charge in [-0.05, 0) is 12.8 Å². The summed E-state index contributed by atoms with van der Waals surface area (Å²) in [6.45, 7) is 7.05. The van der Waals surface area contributed by atoms with Crippen molar-refractivity contribution in [2.45, 2.75) is 58.5 Å². The fraction of sp³-hybridized carbons (Fsp3) is 1.00. The SMILES string of the molecule is CCCCCCC1C[N+]([O-])(CCC)CCO1. The second kappa shape index (κ2) is 7.25. The molecular formula is C13H27NO2. The van der Waals surface area contributed by atoms with E-state index in [0.717, 1.165) is 19.4 Å². The van der Waals surface area contributed by atoms with Crippen molar-refractivity contribution in [3.05, 3.63) is 5.21 Å². The Kier molecular flexibility index (Phi) is 6.32. The van der Waals surface area contributed by atoms with Gasteiger partial charge in [-0.25, -0.2) is 0 Å². The topological polar surface area (TPSA) is 32.3 Å². The second-order valence-electron chi connectivity index (χ2n) is 5.03. The Hall–Kier alpha value is -0.120. The van der Waals surface area contributed by atoms with E-state index < -0.39 is 0 Å². The van der Waals surface area contributed by atoms with Crippen molar-refractivity contribution in [2.24, 2.45) is 0 Å². The minimum Gasteiger partial charge on any atom is -0.633 e. The molecule has 0 radical (unpaired) electrons. The fourth-order valence-electron chi connectivity index (χ4n) is 2.48. The molecule has 1 saturated heterocycles. The number of rotatable bonds is 7. The van der Waals surface area contributed by atoms with Gasteiger partial charge in [0.05, 0.1) is 13.2 Å². The van der Waals surface area contributed by atoms with Crippen LogP contribution in [-0.4, -0.2) is 37.0 Å². The van der Waals surface area contributed by atoms with E-state index in [1.807, 2.05) is 0 Å². The Morgan fingerprint density at radius 2 is 2.00 bits per heavy atom. The number of hydroxylamine groups is 3. The molecule has 1 fully saturated rings. The van der Waals surface area contributed by atoms with E-state index in [1.165, 1.54) is 25.7 Å². The lowest BCUT2D eigenvalue weighted by Crippen LogP contribution is -2.54. The van der Waals surface area contributed by atoms with Gasteiger partial charge in [0.25, 0.3) is 0 Å². The molecule has 1 rings (SSSR count). The molecule has 0 bridgehead atoms. The molecule has 1 aliphatic rings. The Labute approximate surface area is 99.9 Å². The molecule has 0 amide bonds. The van der Waals surface area contributed by atoms with E-state index in [9.17, 15) is 5.21 Å². The third-order valence-corrected chi connectivity index (χ3v) is 3.40. The van der Waals surface area contributed by atoms with Crippen LogP contribution in [0.4, 0.5) is 0 Å². The van der Waals surface area contributed by atoms with Crippen molar-refractivity contribution in [3.8, 4) is 0 Å². The average Bonchev–Trinajstić information content (AvgIpc) is 2.24.